The summed E-state index contributed by atoms with van der Waals surface area (Å²) in [7, 11) is 4.06. The molecule has 1 aliphatic heterocycles. The Hall–Kier alpha value is -1.59. The van der Waals surface area contributed by atoms with E-state index in [-0.39, 0.29) is 5.41 Å². The molecule has 0 radical (unpaired) electrons. The molecule has 0 atom stereocenters. The topological polar surface area (TPSA) is 42.9 Å². The lowest BCUT2D eigenvalue weighted by atomic mass is 9.85. The molecule has 1 saturated heterocycles. The molecule has 5 nitrogen and oxygen atoms in total. The quantitative estimate of drug-likeness (QED) is 0.445. The van der Waals surface area contributed by atoms with E-state index < -0.39 is 0 Å². The van der Waals surface area contributed by atoms with Crippen molar-refractivity contribution in [3.63, 3.8) is 0 Å². The van der Waals surface area contributed by atoms with Crippen molar-refractivity contribution in [2.24, 2.45) is 4.99 Å². The minimum Gasteiger partial charge on any atom is -0.356 e. The number of nitrogens with zero attached hydrogens (tertiary/aromatic N) is 3. The van der Waals surface area contributed by atoms with Gasteiger partial charge in [-0.15, -0.1) is 0 Å². The van der Waals surface area contributed by atoms with Gasteiger partial charge in [0.25, 0.3) is 0 Å². The Labute approximate surface area is 159 Å². The second-order valence-corrected chi connectivity index (χ2v) is 7.95. The maximum atomic E-state index is 4.37. The molecular formula is C21H37N5. The van der Waals surface area contributed by atoms with Crippen molar-refractivity contribution in [1.29, 1.82) is 0 Å². The van der Waals surface area contributed by atoms with Crippen LogP contribution >= 0.6 is 0 Å². The first-order chi connectivity index (χ1) is 12.5. The van der Waals surface area contributed by atoms with Gasteiger partial charge in [0.2, 0.25) is 0 Å². The van der Waals surface area contributed by atoms with Crippen LogP contribution in [0.2, 0.25) is 0 Å². The van der Waals surface area contributed by atoms with Gasteiger partial charge in [0.15, 0.2) is 5.96 Å². The summed E-state index contributed by atoms with van der Waals surface area (Å²) < 4.78 is 0. The van der Waals surface area contributed by atoms with E-state index in [0.717, 1.165) is 32.0 Å². The Morgan fingerprint density at radius 1 is 1.08 bits per heavy atom. The SMILES string of the molecule is CN=C(NCCCN1CCCN(C)CC1)NCC(C)(C)c1ccccc1. The molecule has 2 N–H and O–H groups in total. The molecule has 1 aliphatic rings. The summed E-state index contributed by atoms with van der Waals surface area (Å²) in [4.78, 5) is 9.38. The monoisotopic (exact) mass is 359 g/mol. The molecule has 0 amide bonds. The van der Waals surface area contributed by atoms with E-state index in [1.165, 1.54) is 38.2 Å². The van der Waals surface area contributed by atoms with Crippen molar-refractivity contribution >= 4 is 5.96 Å². The number of hydrogen-bond donors (Lipinski definition) is 2. The fraction of sp³-hybridized carbons (Fsp3) is 0.667. The number of benzene rings is 1. The van der Waals surface area contributed by atoms with E-state index in [4.69, 9.17) is 0 Å². The molecule has 0 aliphatic carbocycles. The Kier molecular flexibility index (Phi) is 8.39. The summed E-state index contributed by atoms with van der Waals surface area (Å²) in [6.45, 7) is 12.3. The molecule has 146 valence electrons. The van der Waals surface area contributed by atoms with Gasteiger partial charge >= 0.3 is 0 Å². The molecule has 0 spiro atoms. The van der Waals surface area contributed by atoms with Crippen molar-refractivity contribution in [2.45, 2.75) is 32.1 Å². The van der Waals surface area contributed by atoms with Gasteiger partial charge in [-0.05, 0) is 45.1 Å². The predicted molar refractivity (Wildman–Crippen MR) is 112 cm³/mol. The molecule has 0 bridgehead atoms. The fourth-order valence-electron chi connectivity index (χ4n) is 3.35. The third kappa shape index (κ3) is 6.96. The molecule has 1 fully saturated rings. The Bertz CT molecular complexity index is 541. The lowest BCUT2D eigenvalue weighted by Gasteiger charge is -2.27. The van der Waals surface area contributed by atoms with E-state index >= 15 is 0 Å². The van der Waals surface area contributed by atoms with E-state index in [1.807, 2.05) is 7.05 Å². The van der Waals surface area contributed by atoms with Gasteiger partial charge < -0.3 is 20.4 Å². The van der Waals surface area contributed by atoms with Crippen LogP contribution in [0, 0.1) is 0 Å². The second kappa shape index (κ2) is 10.5. The van der Waals surface area contributed by atoms with Gasteiger partial charge in [0.1, 0.15) is 0 Å². The van der Waals surface area contributed by atoms with Crippen LogP contribution in [-0.2, 0) is 5.41 Å². The summed E-state index contributed by atoms with van der Waals surface area (Å²) >= 11 is 0. The van der Waals surface area contributed by atoms with E-state index in [1.54, 1.807) is 0 Å². The summed E-state index contributed by atoms with van der Waals surface area (Å²) in [6.07, 6.45) is 2.42. The third-order valence-electron chi connectivity index (χ3n) is 5.23. The van der Waals surface area contributed by atoms with Crippen LogP contribution in [0.5, 0.6) is 0 Å². The van der Waals surface area contributed by atoms with E-state index in [0.29, 0.717) is 0 Å². The predicted octanol–water partition coefficient (Wildman–Crippen LogP) is 2.16. The first kappa shape index (κ1) is 20.7. The molecule has 1 aromatic carbocycles. The maximum absolute atomic E-state index is 4.37. The van der Waals surface area contributed by atoms with Crippen LogP contribution in [0.1, 0.15) is 32.3 Å². The zero-order chi connectivity index (χ0) is 18.8. The van der Waals surface area contributed by atoms with Crippen LogP contribution in [0.15, 0.2) is 35.3 Å². The van der Waals surface area contributed by atoms with Crippen molar-refractivity contribution in [3.8, 4) is 0 Å². The molecular weight excluding hydrogens is 322 g/mol. The largest absolute Gasteiger partial charge is 0.356 e. The van der Waals surface area contributed by atoms with E-state index in [9.17, 15) is 0 Å². The number of nitrogens with one attached hydrogen (secondary N) is 2. The highest BCUT2D eigenvalue weighted by molar-refractivity contribution is 5.79. The maximum Gasteiger partial charge on any atom is 0.191 e. The van der Waals surface area contributed by atoms with Crippen molar-refractivity contribution < 1.29 is 0 Å². The summed E-state index contributed by atoms with van der Waals surface area (Å²) in [5.41, 5.74) is 1.41. The average molecular weight is 360 g/mol. The highest BCUT2D eigenvalue weighted by Crippen LogP contribution is 2.21. The van der Waals surface area contributed by atoms with Gasteiger partial charge in [-0.2, -0.15) is 0 Å². The zero-order valence-electron chi connectivity index (χ0n) is 17.1. The molecule has 1 heterocycles. The molecule has 5 heteroatoms. The van der Waals surface area contributed by atoms with E-state index in [2.05, 4.69) is 76.7 Å². The summed E-state index contributed by atoms with van der Waals surface area (Å²) in [5.74, 6) is 0.893. The third-order valence-corrected chi connectivity index (χ3v) is 5.23. The molecule has 0 saturated carbocycles. The number of rotatable bonds is 7. The summed E-state index contributed by atoms with van der Waals surface area (Å²) in [5, 5.41) is 6.94. The lowest BCUT2D eigenvalue weighted by Crippen LogP contribution is -2.44. The van der Waals surface area contributed by atoms with Crippen LogP contribution < -0.4 is 10.6 Å². The van der Waals surface area contributed by atoms with Crippen LogP contribution in [-0.4, -0.2) is 75.7 Å². The molecule has 0 unspecified atom stereocenters. The Morgan fingerprint density at radius 3 is 2.58 bits per heavy atom. The highest BCUT2D eigenvalue weighted by atomic mass is 15.2. The van der Waals surface area contributed by atoms with Crippen molar-refractivity contribution in [1.82, 2.24) is 20.4 Å². The number of likely N-dealkylation sites (N-methyl/N-ethyl adjacent to an activating group) is 1. The van der Waals surface area contributed by atoms with Gasteiger partial charge in [-0.1, -0.05) is 44.2 Å². The smallest absolute Gasteiger partial charge is 0.191 e. The average Bonchev–Trinajstić information content (AvgIpc) is 2.86. The van der Waals surface area contributed by atoms with Gasteiger partial charge in [0.05, 0.1) is 0 Å². The zero-order valence-corrected chi connectivity index (χ0v) is 17.1. The lowest BCUT2D eigenvalue weighted by molar-refractivity contribution is 0.274. The number of aliphatic imine (C=N–C) groups is 1. The number of guanidine groups is 1. The number of hydrogen-bond acceptors (Lipinski definition) is 3. The van der Waals surface area contributed by atoms with Crippen molar-refractivity contribution in [2.75, 3.05) is 59.9 Å². The Morgan fingerprint density at radius 2 is 1.85 bits per heavy atom. The first-order valence-electron chi connectivity index (χ1n) is 9.92. The Balaban J connectivity index is 1.68. The van der Waals surface area contributed by atoms with Crippen LogP contribution in [0.3, 0.4) is 0 Å². The standard InChI is InChI=1S/C21H37N5/c1-21(2,19-10-6-5-7-11-19)18-24-20(22-3)23-12-8-14-26-15-9-13-25(4)16-17-26/h5-7,10-11H,8-9,12-18H2,1-4H3,(H2,22,23,24). The molecule has 26 heavy (non-hydrogen) atoms. The van der Waals surface area contributed by atoms with Gasteiger partial charge in [0, 0.05) is 38.6 Å². The van der Waals surface area contributed by atoms with Crippen LogP contribution in [0.25, 0.3) is 0 Å². The minimum absolute atomic E-state index is 0.0664. The molecule has 0 aromatic heterocycles. The minimum atomic E-state index is 0.0664. The molecule has 1 aromatic rings. The van der Waals surface area contributed by atoms with Gasteiger partial charge in [-0.25, -0.2) is 0 Å². The summed E-state index contributed by atoms with van der Waals surface area (Å²) in [6, 6.07) is 10.7. The molecule has 2 rings (SSSR count). The first-order valence-corrected chi connectivity index (χ1v) is 9.92. The van der Waals surface area contributed by atoms with Crippen molar-refractivity contribution in [3.05, 3.63) is 35.9 Å². The normalized spacial score (nSPS) is 17.8. The fourth-order valence-corrected chi connectivity index (χ4v) is 3.35. The van der Waals surface area contributed by atoms with Gasteiger partial charge in [-0.3, -0.25) is 4.99 Å². The van der Waals surface area contributed by atoms with Crippen LogP contribution in [0.4, 0.5) is 0 Å². The second-order valence-electron chi connectivity index (χ2n) is 7.95. The highest BCUT2D eigenvalue weighted by Gasteiger charge is 2.20.